The van der Waals surface area contributed by atoms with Gasteiger partial charge in [-0.3, -0.25) is 4.90 Å². The molecule has 1 aromatic carbocycles. The van der Waals surface area contributed by atoms with Gasteiger partial charge in [0.05, 0.1) is 6.54 Å². The van der Waals surface area contributed by atoms with Gasteiger partial charge in [-0.2, -0.15) is 0 Å². The SMILES string of the molecule is CC(C)(C)NC(=O)N(Cc1ccc(N2CCNCC2)nc1)c1ccc(F)cc1. The normalized spacial score (nSPS) is 14.6. The first-order valence-electron chi connectivity index (χ1n) is 9.58. The number of pyridine rings is 1. The molecule has 2 heterocycles. The van der Waals surface area contributed by atoms with Gasteiger partial charge in [0.1, 0.15) is 11.6 Å². The number of hydrogen-bond acceptors (Lipinski definition) is 4. The molecule has 0 bridgehead atoms. The van der Waals surface area contributed by atoms with Gasteiger partial charge in [0.2, 0.25) is 0 Å². The van der Waals surface area contributed by atoms with Crippen molar-refractivity contribution in [3.8, 4) is 0 Å². The maximum Gasteiger partial charge on any atom is 0.322 e. The second-order valence-electron chi connectivity index (χ2n) is 8.00. The quantitative estimate of drug-likeness (QED) is 0.849. The van der Waals surface area contributed by atoms with Crippen LogP contribution in [0.5, 0.6) is 0 Å². The molecule has 1 aliphatic heterocycles. The zero-order valence-electron chi connectivity index (χ0n) is 16.7. The lowest BCUT2D eigenvalue weighted by Crippen LogP contribution is -2.48. The maximum atomic E-state index is 13.3. The van der Waals surface area contributed by atoms with Gasteiger partial charge in [-0.25, -0.2) is 14.2 Å². The summed E-state index contributed by atoms with van der Waals surface area (Å²) >= 11 is 0. The van der Waals surface area contributed by atoms with Gasteiger partial charge in [0, 0.05) is 43.6 Å². The zero-order valence-corrected chi connectivity index (χ0v) is 16.7. The lowest BCUT2D eigenvalue weighted by molar-refractivity contribution is 0.237. The average Bonchev–Trinajstić information content (AvgIpc) is 2.67. The molecule has 1 aliphatic rings. The first-order valence-corrected chi connectivity index (χ1v) is 9.58. The molecule has 1 fully saturated rings. The van der Waals surface area contributed by atoms with Gasteiger partial charge in [0.15, 0.2) is 0 Å². The molecule has 0 unspecified atom stereocenters. The summed E-state index contributed by atoms with van der Waals surface area (Å²) in [5, 5.41) is 6.30. The summed E-state index contributed by atoms with van der Waals surface area (Å²) in [5.41, 5.74) is 1.17. The van der Waals surface area contributed by atoms with Crippen molar-refractivity contribution in [2.45, 2.75) is 32.9 Å². The summed E-state index contributed by atoms with van der Waals surface area (Å²) in [6, 6.07) is 9.69. The zero-order chi connectivity index (χ0) is 20.1. The van der Waals surface area contributed by atoms with E-state index in [0.29, 0.717) is 12.2 Å². The minimum absolute atomic E-state index is 0.231. The van der Waals surface area contributed by atoms with E-state index in [1.807, 2.05) is 32.9 Å². The number of anilines is 2. The summed E-state index contributed by atoms with van der Waals surface area (Å²) in [6.45, 7) is 9.91. The van der Waals surface area contributed by atoms with Crippen LogP contribution in [0, 0.1) is 5.82 Å². The smallest absolute Gasteiger partial charge is 0.322 e. The third kappa shape index (κ3) is 5.42. The summed E-state index contributed by atoms with van der Waals surface area (Å²) < 4.78 is 13.3. The lowest BCUT2D eigenvalue weighted by Gasteiger charge is -2.29. The summed E-state index contributed by atoms with van der Waals surface area (Å²) in [7, 11) is 0. The number of amides is 2. The van der Waals surface area contributed by atoms with E-state index in [9.17, 15) is 9.18 Å². The molecule has 150 valence electrons. The molecule has 28 heavy (non-hydrogen) atoms. The summed E-state index contributed by atoms with van der Waals surface area (Å²) in [4.78, 5) is 21.3. The van der Waals surface area contributed by atoms with Crippen molar-refractivity contribution in [1.82, 2.24) is 15.6 Å². The van der Waals surface area contributed by atoms with Gasteiger partial charge >= 0.3 is 6.03 Å². The minimum Gasteiger partial charge on any atom is -0.354 e. The molecular formula is C21H28FN5O. The van der Waals surface area contributed by atoms with Crippen molar-refractivity contribution in [3.63, 3.8) is 0 Å². The van der Waals surface area contributed by atoms with Crippen LogP contribution in [0.15, 0.2) is 42.6 Å². The van der Waals surface area contributed by atoms with Crippen LogP contribution in [0.25, 0.3) is 0 Å². The van der Waals surface area contributed by atoms with E-state index in [1.165, 1.54) is 12.1 Å². The molecule has 2 N–H and O–H groups in total. The maximum absolute atomic E-state index is 13.3. The van der Waals surface area contributed by atoms with E-state index in [4.69, 9.17) is 0 Å². The predicted octanol–water partition coefficient (Wildman–Crippen LogP) is 3.15. The van der Waals surface area contributed by atoms with Gasteiger partial charge in [-0.1, -0.05) is 6.07 Å². The van der Waals surface area contributed by atoms with Gasteiger partial charge in [-0.15, -0.1) is 0 Å². The molecule has 3 rings (SSSR count). The average molecular weight is 385 g/mol. The fourth-order valence-corrected chi connectivity index (χ4v) is 3.06. The minimum atomic E-state index is -0.375. The molecule has 6 nitrogen and oxygen atoms in total. The number of nitrogens with zero attached hydrogens (tertiary/aromatic N) is 3. The highest BCUT2D eigenvalue weighted by Crippen LogP contribution is 2.20. The standard InChI is InChI=1S/C21H28FN5O/c1-21(2,3)25-20(28)27(18-7-5-17(22)6-8-18)15-16-4-9-19(24-14-16)26-12-10-23-11-13-26/h4-9,14,23H,10-13,15H2,1-3H3,(H,25,28). The molecule has 7 heteroatoms. The fourth-order valence-electron chi connectivity index (χ4n) is 3.06. The van der Waals surface area contributed by atoms with Crippen LogP contribution in [0.3, 0.4) is 0 Å². The van der Waals surface area contributed by atoms with E-state index in [-0.39, 0.29) is 17.4 Å². The number of hydrogen-bond donors (Lipinski definition) is 2. The van der Waals surface area contributed by atoms with Crippen LogP contribution < -0.4 is 20.4 Å². The Balaban J connectivity index is 1.78. The number of aromatic nitrogens is 1. The van der Waals surface area contributed by atoms with E-state index in [0.717, 1.165) is 37.6 Å². The Bertz CT molecular complexity index is 780. The third-order valence-electron chi connectivity index (χ3n) is 4.46. The molecule has 2 amide bonds. The first-order chi connectivity index (χ1) is 13.3. The van der Waals surface area contributed by atoms with Gasteiger partial charge < -0.3 is 15.5 Å². The van der Waals surface area contributed by atoms with Crippen molar-refractivity contribution in [1.29, 1.82) is 0 Å². The Hall–Kier alpha value is -2.67. The number of carbonyl (C=O) groups excluding carboxylic acids is 1. The molecular weight excluding hydrogens is 357 g/mol. The highest BCUT2D eigenvalue weighted by molar-refractivity contribution is 5.92. The number of piperazine rings is 1. The van der Waals surface area contributed by atoms with E-state index < -0.39 is 0 Å². The molecule has 2 aromatic rings. The van der Waals surface area contributed by atoms with E-state index >= 15 is 0 Å². The molecule has 0 aliphatic carbocycles. The fraction of sp³-hybridized carbons (Fsp3) is 0.429. The monoisotopic (exact) mass is 385 g/mol. The Labute approximate surface area is 165 Å². The van der Waals surface area contributed by atoms with Crippen LogP contribution in [0.2, 0.25) is 0 Å². The topological polar surface area (TPSA) is 60.5 Å². The Morgan fingerprint density at radius 1 is 1.18 bits per heavy atom. The van der Waals surface area contributed by atoms with Crippen molar-refractivity contribution in [2.75, 3.05) is 36.0 Å². The Morgan fingerprint density at radius 3 is 2.43 bits per heavy atom. The van der Waals surface area contributed by atoms with Gasteiger partial charge in [0.25, 0.3) is 0 Å². The second-order valence-corrected chi connectivity index (χ2v) is 8.00. The van der Waals surface area contributed by atoms with Crippen molar-refractivity contribution in [3.05, 3.63) is 54.0 Å². The second kappa shape index (κ2) is 8.56. The molecule has 0 saturated carbocycles. The van der Waals surface area contributed by atoms with Crippen molar-refractivity contribution in [2.24, 2.45) is 0 Å². The van der Waals surface area contributed by atoms with Crippen LogP contribution in [-0.4, -0.2) is 42.7 Å². The predicted molar refractivity (Wildman–Crippen MR) is 110 cm³/mol. The number of halogens is 1. The van der Waals surface area contributed by atoms with E-state index in [2.05, 4.69) is 20.5 Å². The number of nitrogens with one attached hydrogen (secondary N) is 2. The number of benzene rings is 1. The molecule has 1 saturated heterocycles. The summed E-state index contributed by atoms with van der Waals surface area (Å²) in [6.07, 6.45) is 1.80. The number of urea groups is 1. The first kappa shape index (κ1) is 20.1. The van der Waals surface area contributed by atoms with Crippen LogP contribution in [-0.2, 0) is 6.54 Å². The van der Waals surface area contributed by atoms with Crippen molar-refractivity contribution < 1.29 is 9.18 Å². The highest BCUT2D eigenvalue weighted by atomic mass is 19.1. The molecule has 1 aromatic heterocycles. The number of carbonyl (C=O) groups is 1. The Morgan fingerprint density at radius 2 is 1.86 bits per heavy atom. The third-order valence-corrected chi connectivity index (χ3v) is 4.46. The summed E-state index contributed by atoms with van der Waals surface area (Å²) in [5.74, 6) is 0.611. The van der Waals surface area contributed by atoms with E-state index in [1.54, 1.807) is 23.2 Å². The van der Waals surface area contributed by atoms with Crippen molar-refractivity contribution >= 4 is 17.5 Å². The largest absolute Gasteiger partial charge is 0.354 e. The van der Waals surface area contributed by atoms with Crippen LogP contribution in [0.1, 0.15) is 26.3 Å². The Kier molecular flexibility index (Phi) is 6.14. The molecule has 0 radical (unpaired) electrons. The molecule has 0 spiro atoms. The molecule has 0 atom stereocenters. The lowest BCUT2D eigenvalue weighted by atomic mass is 10.1. The van der Waals surface area contributed by atoms with Crippen LogP contribution in [0.4, 0.5) is 20.7 Å². The van der Waals surface area contributed by atoms with Gasteiger partial charge in [-0.05, 0) is 56.7 Å². The van der Waals surface area contributed by atoms with Crippen LogP contribution >= 0.6 is 0 Å². The highest BCUT2D eigenvalue weighted by Gasteiger charge is 2.22. The number of rotatable bonds is 4.